The first-order chi connectivity index (χ1) is 27.8. The molecule has 1 saturated carbocycles. The lowest BCUT2D eigenvalue weighted by Gasteiger charge is -2.32. The number of aromatic nitrogens is 2. The molecule has 3 rings (SSSR count). The highest BCUT2D eigenvalue weighted by atomic mass is 35.5. The standard InChI is InChI=1S/C40H57ClN8O9S/c1-7-24(5)34(47-35(51)30(18-23(3)4)45-36(52)32-22-43-16-17-44-32)37(53)46-31(19-26-12-10-9-11-13-26)39(55)49(33(50)20-27(42)8-2)40(56)38(54)48-59(57,58)28-15-14-25(6)29(41)21-28/h14-17,21-24,26-27,30-31,34H,7-13,18-20,42H2,1-6H3,(H,45,52)(H,46,53)(H,47,51)(H,48,54)/t24-,27?,30-,31-,34-/m0/s1. The van der Waals surface area contributed by atoms with E-state index in [0.717, 1.165) is 31.4 Å². The molecule has 1 heterocycles. The zero-order valence-electron chi connectivity index (χ0n) is 34.5. The van der Waals surface area contributed by atoms with Crippen molar-refractivity contribution in [2.24, 2.45) is 23.5 Å². The van der Waals surface area contributed by atoms with Gasteiger partial charge in [0.05, 0.1) is 11.1 Å². The summed E-state index contributed by atoms with van der Waals surface area (Å²) in [6.07, 6.45) is 8.18. The van der Waals surface area contributed by atoms with Crippen LogP contribution in [-0.4, -0.2) is 88.8 Å². The molecule has 1 aromatic heterocycles. The second kappa shape index (κ2) is 22.5. The summed E-state index contributed by atoms with van der Waals surface area (Å²) in [5.41, 5.74) is 6.55. The number of carbonyl (C=O) groups is 7. The van der Waals surface area contributed by atoms with Crippen LogP contribution in [0.2, 0.25) is 5.02 Å². The number of benzene rings is 1. The van der Waals surface area contributed by atoms with Crippen LogP contribution in [0.15, 0.2) is 41.7 Å². The lowest BCUT2D eigenvalue weighted by Crippen LogP contribution is -2.61. The van der Waals surface area contributed by atoms with Crippen LogP contribution in [0, 0.1) is 24.7 Å². The predicted molar refractivity (Wildman–Crippen MR) is 219 cm³/mol. The van der Waals surface area contributed by atoms with E-state index in [1.807, 2.05) is 13.8 Å². The van der Waals surface area contributed by atoms with Crippen molar-refractivity contribution in [3.63, 3.8) is 0 Å². The number of hydrogen-bond donors (Lipinski definition) is 5. The first-order valence-corrected chi connectivity index (χ1v) is 21.8. The molecule has 0 bridgehead atoms. The van der Waals surface area contributed by atoms with Crippen LogP contribution in [0.5, 0.6) is 0 Å². The van der Waals surface area contributed by atoms with Gasteiger partial charge in [0.1, 0.15) is 23.8 Å². The van der Waals surface area contributed by atoms with Crippen molar-refractivity contribution >= 4 is 63.0 Å². The van der Waals surface area contributed by atoms with Crippen molar-refractivity contribution < 1.29 is 42.0 Å². The molecule has 1 aliphatic carbocycles. The van der Waals surface area contributed by atoms with Crippen LogP contribution in [0.1, 0.15) is 115 Å². The summed E-state index contributed by atoms with van der Waals surface area (Å²) in [5, 5.41) is 8.13. The molecule has 5 atom stereocenters. The number of nitrogens with two attached hydrogens (primary N) is 1. The Morgan fingerprint density at radius 3 is 2.17 bits per heavy atom. The van der Waals surface area contributed by atoms with Crippen LogP contribution in [-0.2, 0) is 38.8 Å². The minimum absolute atomic E-state index is 0.0197. The lowest BCUT2D eigenvalue weighted by atomic mass is 9.84. The number of carbonyl (C=O) groups excluding carboxylic acids is 7. The van der Waals surface area contributed by atoms with E-state index in [4.69, 9.17) is 17.3 Å². The Kier molecular flexibility index (Phi) is 18.5. The number of aryl methyl sites for hydroxylation is 1. The minimum Gasteiger partial charge on any atom is -0.342 e. The largest absolute Gasteiger partial charge is 0.342 e. The number of rotatable bonds is 18. The van der Waals surface area contributed by atoms with Crippen molar-refractivity contribution in [2.45, 2.75) is 135 Å². The second-order valence-electron chi connectivity index (χ2n) is 15.5. The first-order valence-electron chi connectivity index (χ1n) is 20.0. The third kappa shape index (κ3) is 14.2. The van der Waals surface area contributed by atoms with Crippen LogP contribution >= 0.6 is 11.6 Å². The molecule has 0 aliphatic heterocycles. The number of amides is 7. The van der Waals surface area contributed by atoms with Gasteiger partial charge >= 0.3 is 11.8 Å². The fraction of sp³-hybridized carbons (Fsp3) is 0.575. The maximum absolute atomic E-state index is 14.5. The number of sulfonamides is 1. The highest BCUT2D eigenvalue weighted by Gasteiger charge is 2.41. The van der Waals surface area contributed by atoms with Crippen LogP contribution in [0.4, 0.5) is 0 Å². The number of imide groups is 3. The summed E-state index contributed by atoms with van der Waals surface area (Å²) in [6, 6.07) is -1.13. The molecule has 7 amide bonds. The van der Waals surface area contributed by atoms with Gasteiger partial charge in [-0.1, -0.05) is 90.8 Å². The number of hydrogen-bond acceptors (Lipinski definition) is 12. The van der Waals surface area contributed by atoms with Gasteiger partial charge in [0.25, 0.3) is 21.8 Å². The van der Waals surface area contributed by atoms with E-state index in [2.05, 4.69) is 25.9 Å². The van der Waals surface area contributed by atoms with Gasteiger partial charge in [-0.3, -0.25) is 38.5 Å². The minimum atomic E-state index is -4.71. The van der Waals surface area contributed by atoms with Gasteiger partial charge in [0.2, 0.25) is 17.7 Å². The van der Waals surface area contributed by atoms with Crippen LogP contribution in [0.3, 0.4) is 0 Å². The molecule has 0 saturated heterocycles. The fourth-order valence-corrected chi connectivity index (χ4v) is 7.78. The Morgan fingerprint density at radius 1 is 0.915 bits per heavy atom. The Labute approximate surface area is 350 Å². The van der Waals surface area contributed by atoms with Gasteiger partial charge in [-0.05, 0) is 61.6 Å². The average Bonchev–Trinajstić information content (AvgIpc) is 3.20. The molecule has 59 heavy (non-hydrogen) atoms. The molecule has 0 radical (unpaired) electrons. The van der Waals surface area contributed by atoms with Crippen LogP contribution in [0.25, 0.3) is 0 Å². The molecule has 324 valence electrons. The van der Waals surface area contributed by atoms with Gasteiger partial charge in [-0.15, -0.1) is 0 Å². The maximum Gasteiger partial charge on any atom is 0.326 e. The summed E-state index contributed by atoms with van der Waals surface area (Å²) in [6.45, 7) is 10.5. The highest BCUT2D eigenvalue weighted by molar-refractivity contribution is 7.90. The van der Waals surface area contributed by atoms with Gasteiger partial charge in [0.15, 0.2) is 0 Å². The third-order valence-corrected chi connectivity index (χ3v) is 12.1. The van der Waals surface area contributed by atoms with E-state index >= 15 is 0 Å². The molecular weight excluding hydrogens is 804 g/mol. The van der Waals surface area contributed by atoms with E-state index in [9.17, 15) is 42.0 Å². The van der Waals surface area contributed by atoms with Gasteiger partial charge in [-0.2, -0.15) is 0 Å². The molecule has 2 aromatic rings. The lowest BCUT2D eigenvalue weighted by molar-refractivity contribution is -0.160. The summed E-state index contributed by atoms with van der Waals surface area (Å²) >= 11 is 6.10. The molecular formula is C40H57ClN8O9S. The molecule has 0 spiro atoms. The monoisotopic (exact) mass is 860 g/mol. The molecule has 1 aliphatic rings. The second-order valence-corrected chi connectivity index (χ2v) is 17.6. The molecule has 1 unspecified atom stereocenters. The van der Waals surface area contributed by atoms with E-state index in [-0.39, 0.29) is 46.7 Å². The third-order valence-electron chi connectivity index (χ3n) is 10.3. The summed E-state index contributed by atoms with van der Waals surface area (Å²) in [4.78, 5) is 104. The van der Waals surface area contributed by atoms with E-state index < -0.39 is 92.8 Å². The topological polar surface area (TPSA) is 257 Å². The highest BCUT2D eigenvalue weighted by Crippen LogP contribution is 2.28. The van der Waals surface area contributed by atoms with E-state index in [0.29, 0.717) is 24.8 Å². The van der Waals surface area contributed by atoms with Crippen molar-refractivity contribution in [3.05, 3.63) is 53.1 Å². The normalized spacial score (nSPS) is 15.8. The molecule has 19 heteroatoms. The van der Waals surface area contributed by atoms with Crippen LogP contribution < -0.4 is 26.4 Å². The Bertz CT molecular complexity index is 1940. The fourth-order valence-electron chi connectivity index (χ4n) is 6.57. The zero-order chi connectivity index (χ0) is 44.0. The van der Waals surface area contributed by atoms with Crippen molar-refractivity contribution in [1.29, 1.82) is 0 Å². The quantitative estimate of drug-likeness (QED) is 0.136. The number of nitrogens with zero attached hydrogens (tertiary/aromatic N) is 3. The van der Waals surface area contributed by atoms with Crippen molar-refractivity contribution in [1.82, 2.24) is 35.5 Å². The summed E-state index contributed by atoms with van der Waals surface area (Å²) < 4.78 is 27.9. The average molecular weight is 861 g/mol. The van der Waals surface area contributed by atoms with Gasteiger partial charge in [0, 0.05) is 29.9 Å². The zero-order valence-corrected chi connectivity index (χ0v) is 36.0. The van der Waals surface area contributed by atoms with Crippen molar-refractivity contribution in [3.8, 4) is 0 Å². The summed E-state index contributed by atoms with van der Waals surface area (Å²) in [7, 11) is -4.71. The Hall–Kier alpha value is -4.81. The Balaban J connectivity index is 1.99. The predicted octanol–water partition coefficient (Wildman–Crippen LogP) is 3.08. The summed E-state index contributed by atoms with van der Waals surface area (Å²) in [5.74, 6) is -8.92. The maximum atomic E-state index is 14.5. The van der Waals surface area contributed by atoms with Gasteiger partial charge < -0.3 is 21.7 Å². The number of halogens is 1. The molecule has 1 aromatic carbocycles. The van der Waals surface area contributed by atoms with E-state index in [1.165, 1.54) is 24.7 Å². The first kappa shape index (κ1) is 48.6. The smallest absolute Gasteiger partial charge is 0.326 e. The molecule has 17 nitrogen and oxygen atoms in total. The molecule has 6 N–H and O–H groups in total. The SMILES string of the molecule is CCC(N)CC(=O)N(C(=O)C(=O)NS(=O)(=O)c1ccc(C)c(Cl)c1)C(=O)[C@H](CC1CCCCC1)NC(=O)[C@@H](NC(=O)[C@H](CC(C)C)NC(=O)c1cnccn1)[C@@H](C)CC. The van der Waals surface area contributed by atoms with E-state index in [1.54, 1.807) is 32.4 Å². The van der Waals surface area contributed by atoms with Crippen molar-refractivity contribution in [2.75, 3.05) is 0 Å². The molecule has 1 fully saturated rings. The Morgan fingerprint density at radius 2 is 1.59 bits per heavy atom. The van der Waals surface area contributed by atoms with Gasteiger partial charge in [-0.25, -0.2) is 23.0 Å². The number of nitrogens with one attached hydrogen (secondary N) is 4.